The number of halogens is 2. The molecule has 0 aliphatic heterocycles. The fraction of sp³-hybridized carbons (Fsp3) is 0.0625. The van der Waals surface area contributed by atoms with Gasteiger partial charge in [-0.25, -0.2) is 9.07 Å². The average Bonchev–Trinajstić information content (AvgIpc) is 2.88. The van der Waals surface area contributed by atoms with Gasteiger partial charge in [0.2, 0.25) is 0 Å². The van der Waals surface area contributed by atoms with Gasteiger partial charge in [0.15, 0.2) is 0 Å². The monoisotopic (exact) mass is 330 g/mol. The van der Waals surface area contributed by atoms with Crippen molar-refractivity contribution in [2.24, 2.45) is 0 Å². The second-order valence-electron chi connectivity index (χ2n) is 4.61. The normalized spacial score (nSPS) is 10.8. The van der Waals surface area contributed by atoms with Crippen LogP contribution in [-0.4, -0.2) is 9.78 Å². The molecular formula is C16H12BrFN2. The molecule has 0 saturated heterocycles. The van der Waals surface area contributed by atoms with Crippen molar-refractivity contribution >= 4 is 15.9 Å². The zero-order valence-electron chi connectivity index (χ0n) is 10.8. The Labute approximate surface area is 125 Å². The van der Waals surface area contributed by atoms with Gasteiger partial charge >= 0.3 is 0 Å². The highest BCUT2D eigenvalue weighted by atomic mass is 79.9. The maximum atomic E-state index is 13.3. The van der Waals surface area contributed by atoms with Crippen LogP contribution in [0, 0.1) is 12.7 Å². The Balaban J connectivity index is 2.02. The highest BCUT2D eigenvalue weighted by Gasteiger charge is 2.06. The van der Waals surface area contributed by atoms with Crippen molar-refractivity contribution < 1.29 is 4.39 Å². The molecule has 0 atom stereocenters. The summed E-state index contributed by atoms with van der Waals surface area (Å²) in [5, 5.41) is 4.36. The zero-order valence-corrected chi connectivity index (χ0v) is 12.4. The van der Waals surface area contributed by atoms with Crippen molar-refractivity contribution in [2.75, 3.05) is 0 Å². The number of nitrogens with zero attached hydrogens (tertiary/aromatic N) is 2. The van der Waals surface area contributed by atoms with Gasteiger partial charge in [0, 0.05) is 16.2 Å². The maximum Gasteiger partial charge on any atom is 0.123 e. The van der Waals surface area contributed by atoms with E-state index in [1.54, 1.807) is 12.3 Å². The standard InChI is InChI=1S/C16H12BrFN2/c1-11-7-14(17)5-6-16(11)20-10-13(9-19-20)12-3-2-4-15(18)8-12/h2-10H,1H3. The first kappa shape index (κ1) is 13.1. The van der Waals surface area contributed by atoms with Crippen molar-refractivity contribution in [3.63, 3.8) is 0 Å². The van der Waals surface area contributed by atoms with Crippen molar-refractivity contribution in [3.05, 3.63) is 70.7 Å². The molecule has 0 aliphatic rings. The molecule has 2 nitrogen and oxygen atoms in total. The summed E-state index contributed by atoms with van der Waals surface area (Å²) < 4.78 is 16.1. The molecular weight excluding hydrogens is 319 g/mol. The summed E-state index contributed by atoms with van der Waals surface area (Å²) in [6.45, 7) is 2.03. The molecule has 1 aromatic heterocycles. The molecule has 0 radical (unpaired) electrons. The summed E-state index contributed by atoms with van der Waals surface area (Å²) in [5.74, 6) is -0.241. The van der Waals surface area contributed by atoms with Gasteiger partial charge in [0.05, 0.1) is 11.9 Å². The Kier molecular flexibility index (Phi) is 3.40. The Morgan fingerprint density at radius 2 is 1.95 bits per heavy atom. The molecule has 0 spiro atoms. The molecule has 0 amide bonds. The molecule has 100 valence electrons. The second-order valence-corrected chi connectivity index (χ2v) is 5.53. The molecule has 20 heavy (non-hydrogen) atoms. The first-order chi connectivity index (χ1) is 9.63. The fourth-order valence-corrected chi connectivity index (χ4v) is 2.62. The number of aromatic nitrogens is 2. The van der Waals surface area contributed by atoms with E-state index in [1.165, 1.54) is 12.1 Å². The summed E-state index contributed by atoms with van der Waals surface area (Å²) in [6, 6.07) is 12.5. The molecule has 0 N–H and O–H groups in total. The quantitative estimate of drug-likeness (QED) is 0.663. The van der Waals surface area contributed by atoms with Gasteiger partial charge in [-0.05, 0) is 48.4 Å². The van der Waals surface area contributed by atoms with Crippen LogP contribution in [0.15, 0.2) is 59.3 Å². The molecule has 3 rings (SSSR count). The fourth-order valence-electron chi connectivity index (χ4n) is 2.15. The molecule has 2 aromatic carbocycles. The van der Waals surface area contributed by atoms with Crippen LogP contribution in [0.3, 0.4) is 0 Å². The number of benzene rings is 2. The highest BCUT2D eigenvalue weighted by molar-refractivity contribution is 9.10. The molecule has 0 fully saturated rings. The number of aryl methyl sites for hydroxylation is 1. The summed E-state index contributed by atoms with van der Waals surface area (Å²) in [4.78, 5) is 0. The number of hydrogen-bond donors (Lipinski definition) is 0. The van der Waals surface area contributed by atoms with Crippen LogP contribution >= 0.6 is 15.9 Å². The predicted octanol–water partition coefficient (Wildman–Crippen LogP) is 4.75. The smallest absolute Gasteiger partial charge is 0.123 e. The van der Waals surface area contributed by atoms with Crippen LogP contribution in [0.1, 0.15) is 5.56 Å². The first-order valence-electron chi connectivity index (χ1n) is 6.20. The van der Waals surface area contributed by atoms with E-state index in [9.17, 15) is 4.39 Å². The highest BCUT2D eigenvalue weighted by Crippen LogP contribution is 2.23. The van der Waals surface area contributed by atoms with E-state index in [-0.39, 0.29) is 5.82 Å². The van der Waals surface area contributed by atoms with Gasteiger partial charge in [-0.1, -0.05) is 28.1 Å². The van der Waals surface area contributed by atoms with Crippen LogP contribution in [0.25, 0.3) is 16.8 Å². The Morgan fingerprint density at radius 3 is 2.70 bits per heavy atom. The molecule has 1 heterocycles. The molecule has 3 aromatic rings. The van der Waals surface area contributed by atoms with E-state index >= 15 is 0 Å². The average molecular weight is 331 g/mol. The topological polar surface area (TPSA) is 17.8 Å². The second kappa shape index (κ2) is 5.21. The third kappa shape index (κ3) is 2.51. The summed E-state index contributed by atoms with van der Waals surface area (Å²) in [7, 11) is 0. The van der Waals surface area contributed by atoms with Gasteiger partial charge in [-0.15, -0.1) is 0 Å². The lowest BCUT2D eigenvalue weighted by atomic mass is 10.1. The van der Waals surface area contributed by atoms with Crippen molar-refractivity contribution in [3.8, 4) is 16.8 Å². The lowest BCUT2D eigenvalue weighted by molar-refractivity contribution is 0.628. The van der Waals surface area contributed by atoms with E-state index in [4.69, 9.17) is 0 Å². The van der Waals surface area contributed by atoms with Gasteiger partial charge in [0.1, 0.15) is 5.82 Å². The van der Waals surface area contributed by atoms with Gasteiger partial charge < -0.3 is 0 Å². The van der Waals surface area contributed by atoms with Gasteiger partial charge in [-0.3, -0.25) is 0 Å². The van der Waals surface area contributed by atoms with Gasteiger partial charge in [0.25, 0.3) is 0 Å². The summed E-state index contributed by atoms with van der Waals surface area (Å²) in [5.41, 5.74) is 3.85. The van der Waals surface area contributed by atoms with Crippen molar-refractivity contribution in [2.45, 2.75) is 6.92 Å². The zero-order chi connectivity index (χ0) is 14.1. The van der Waals surface area contributed by atoms with E-state index in [2.05, 4.69) is 21.0 Å². The molecule has 4 heteroatoms. The minimum atomic E-state index is -0.241. The van der Waals surface area contributed by atoms with E-state index in [1.807, 2.05) is 42.1 Å². The molecule has 0 bridgehead atoms. The third-order valence-corrected chi connectivity index (χ3v) is 3.64. The lowest BCUT2D eigenvalue weighted by Gasteiger charge is -2.05. The van der Waals surface area contributed by atoms with Crippen LogP contribution in [0.2, 0.25) is 0 Å². The maximum absolute atomic E-state index is 13.3. The van der Waals surface area contributed by atoms with Crippen LogP contribution in [0.4, 0.5) is 4.39 Å². The van der Waals surface area contributed by atoms with E-state index in [0.717, 1.165) is 26.9 Å². The summed E-state index contributed by atoms with van der Waals surface area (Å²) in [6.07, 6.45) is 3.65. The van der Waals surface area contributed by atoms with Crippen molar-refractivity contribution in [1.82, 2.24) is 9.78 Å². The minimum absolute atomic E-state index is 0.241. The molecule has 0 unspecified atom stereocenters. The largest absolute Gasteiger partial charge is 0.240 e. The third-order valence-electron chi connectivity index (χ3n) is 3.15. The number of rotatable bonds is 2. The number of hydrogen-bond acceptors (Lipinski definition) is 1. The van der Waals surface area contributed by atoms with Crippen molar-refractivity contribution in [1.29, 1.82) is 0 Å². The van der Waals surface area contributed by atoms with Crippen LogP contribution in [-0.2, 0) is 0 Å². The predicted molar refractivity (Wildman–Crippen MR) is 81.4 cm³/mol. The van der Waals surface area contributed by atoms with E-state index in [0.29, 0.717) is 0 Å². The molecule has 0 aliphatic carbocycles. The first-order valence-corrected chi connectivity index (χ1v) is 7.00. The van der Waals surface area contributed by atoms with Crippen LogP contribution < -0.4 is 0 Å². The Morgan fingerprint density at radius 1 is 1.10 bits per heavy atom. The molecule has 0 saturated carbocycles. The van der Waals surface area contributed by atoms with E-state index < -0.39 is 0 Å². The Hall–Kier alpha value is -1.94. The SMILES string of the molecule is Cc1cc(Br)ccc1-n1cc(-c2cccc(F)c2)cn1. The Bertz CT molecular complexity index is 765. The lowest BCUT2D eigenvalue weighted by Crippen LogP contribution is -1.96. The minimum Gasteiger partial charge on any atom is -0.240 e. The van der Waals surface area contributed by atoms with Crippen LogP contribution in [0.5, 0.6) is 0 Å². The van der Waals surface area contributed by atoms with Gasteiger partial charge in [-0.2, -0.15) is 5.10 Å². The summed E-state index contributed by atoms with van der Waals surface area (Å²) >= 11 is 3.45.